The Labute approximate surface area is 275 Å². The first-order valence-electron chi connectivity index (χ1n) is 16.6. The van der Waals surface area contributed by atoms with Gasteiger partial charge in [-0.15, -0.1) is 0 Å². The van der Waals surface area contributed by atoms with E-state index in [1.807, 2.05) is 0 Å². The zero-order valence-electron chi connectivity index (χ0n) is 26.5. The van der Waals surface area contributed by atoms with Gasteiger partial charge in [0.2, 0.25) is 0 Å². The molecule has 0 aromatic heterocycles. The van der Waals surface area contributed by atoms with Crippen LogP contribution in [0.3, 0.4) is 0 Å². The van der Waals surface area contributed by atoms with E-state index in [9.17, 15) is 0 Å². The number of fused-ring (bicyclic) bond motifs is 7. The lowest BCUT2D eigenvalue weighted by Gasteiger charge is -2.23. The van der Waals surface area contributed by atoms with Crippen LogP contribution in [0.4, 0.5) is 0 Å². The van der Waals surface area contributed by atoms with Crippen LogP contribution in [0.1, 0.15) is 25.0 Å². The third-order valence-electron chi connectivity index (χ3n) is 10.9. The van der Waals surface area contributed by atoms with Gasteiger partial charge in [0, 0.05) is 5.41 Å². The highest BCUT2D eigenvalue weighted by Crippen LogP contribution is 2.52. The summed E-state index contributed by atoms with van der Waals surface area (Å²) in [5.41, 5.74) is 18.4. The molecular formula is C47H32. The van der Waals surface area contributed by atoms with Crippen LogP contribution in [0, 0.1) is 0 Å². The Morgan fingerprint density at radius 3 is 1.49 bits per heavy atom. The van der Waals surface area contributed by atoms with Crippen LogP contribution < -0.4 is 0 Å². The van der Waals surface area contributed by atoms with Crippen molar-refractivity contribution in [1.29, 1.82) is 0 Å². The maximum absolute atomic E-state index is 2.45. The van der Waals surface area contributed by atoms with Crippen molar-refractivity contribution in [2.45, 2.75) is 19.3 Å². The molecule has 8 aromatic carbocycles. The highest BCUT2D eigenvalue weighted by Gasteiger charge is 2.36. The van der Waals surface area contributed by atoms with Crippen molar-refractivity contribution in [1.82, 2.24) is 0 Å². The van der Waals surface area contributed by atoms with E-state index in [0.717, 1.165) is 0 Å². The number of rotatable bonds is 3. The first-order valence-corrected chi connectivity index (χ1v) is 16.6. The smallest absolute Gasteiger partial charge is 0.0159 e. The van der Waals surface area contributed by atoms with Gasteiger partial charge < -0.3 is 0 Å². The van der Waals surface area contributed by atoms with Gasteiger partial charge in [0.15, 0.2) is 0 Å². The molecule has 220 valence electrons. The van der Waals surface area contributed by atoms with E-state index >= 15 is 0 Å². The molecule has 0 saturated heterocycles. The Morgan fingerprint density at radius 1 is 0.298 bits per heavy atom. The lowest BCUT2D eigenvalue weighted by atomic mass is 9.80. The van der Waals surface area contributed by atoms with Crippen molar-refractivity contribution >= 4 is 21.5 Å². The number of hydrogen-bond acceptors (Lipinski definition) is 0. The van der Waals surface area contributed by atoms with Crippen molar-refractivity contribution in [3.05, 3.63) is 169 Å². The molecule has 0 bridgehead atoms. The van der Waals surface area contributed by atoms with Crippen LogP contribution in [0.25, 0.3) is 88.3 Å². The molecule has 0 saturated carbocycles. The van der Waals surface area contributed by atoms with Gasteiger partial charge in [0.1, 0.15) is 0 Å². The fourth-order valence-corrected chi connectivity index (χ4v) is 8.54. The van der Waals surface area contributed by atoms with Crippen LogP contribution in [0.5, 0.6) is 0 Å². The Morgan fingerprint density at radius 2 is 0.766 bits per heavy atom. The van der Waals surface area contributed by atoms with Crippen LogP contribution in [0.15, 0.2) is 158 Å². The Kier molecular flexibility index (Phi) is 5.44. The molecule has 10 rings (SSSR count). The monoisotopic (exact) mass is 596 g/mol. The highest BCUT2D eigenvalue weighted by atomic mass is 14.4. The summed E-state index contributed by atoms with van der Waals surface area (Å²) in [5.74, 6) is 0. The van der Waals surface area contributed by atoms with E-state index in [4.69, 9.17) is 0 Å². The largest absolute Gasteiger partial charge is 0.0622 e. The first-order chi connectivity index (χ1) is 23.1. The first kappa shape index (κ1) is 26.5. The van der Waals surface area contributed by atoms with Gasteiger partial charge in [0.25, 0.3) is 0 Å². The van der Waals surface area contributed by atoms with E-state index in [-0.39, 0.29) is 5.41 Å². The minimum absolute atomic E-state index is 0.0938. The van der Waals surface area contributed by atoms with Crippen LogP contribution >= 0.6 is 0 Å². The molecule has 0 spiro atoms. The number of hydrogen-bond donors (Lipinski definition) is 0. The highest BCUT2D eigenvalue weighted by molar-refractivity contribution is 6.20. The molecule has 47 heavy (non-hydrogen) atoms. The van der Waals surface area contributed by atoms with Crippen molar-refractivity contribution in [3.63, 3.8) is 0 Å². The fourth-order valence-electron chi connectivity index (χ4n) is 8.54. The maximum atomic E-state index is 2.45. The van der Waals surface area contributed by atoms with Gasteiger partial charge in [-0.3, -0.25) is 0 Å². The van der Waals surface area contributed by atoms with Crippen molar-refractivity contribution in [3.8, 4) is 66.8 Å². The summed E-state index contributed by atoms with van der Waals surface area (Å²) < 4.78 is 0. The number of benzene rings is 8. The quantitative estimate of drug-likeness (QED) is 0.190. The van der Waals surface area contributed by atoms with Gasteiger partial charge in [-0.25, -0.2) is 0 Å². The predicted octanol–water partition coefficient (Wildman–Crippen LogP) is 12.9. The molecule has 8 aromatic rings. The maximum Gasteiger partial charge on any atom is 0.0159 e. The zero-order chi connectivity index (χ0) is 31.3. The topological polar surface area (TPSA) is 0 Å². The van der Waals surface area contributed by atoms with Gasteiger partial charge in [0.05, 0.1) is 0 Å². The molecule has 0 atom stereocenters. The summed E-state index contributed by atoms with van der Waals surface area (Å²) in [6, 6.07) is 58.8. The third kappa shape index (κ3) is 3.70. The molecule has 0 unspecified atom stereocenters. The second-order valence-electron chi connectivity index (χ2n) is 13.7. The third-order valence-corrected chi connectivity index (χ3v) is 10.9. The summed E-state index contributed by atoms with van der Waals surface area (Å²) >= 11 is 0. The fraction of sp³-hybridized carbons (Fsp3) is 0.0638. The van der Waals surface area contributed by atoms with Crippen molar-refractivity contribution in [2.24, 2.45) is 0 Å². The minimum Gasteiger partial charge on any atom is -0.0622 e. The Hall–Kier alpha value is -5.72. The molecule has 0 nitrogen and oxygen atoms in total. The molecule has 0 heterocycles. The van der Waals surface area contributed by atoms with Crippen molar-refractivity contribution in [2.75, 3.05) is 0 Å². The standard InChI is InChI=1S/C47H32/c1-47(2)44-27-30(29-11-4-3-5-12-29)19-21-39(44)40-22-20-31(28-45(40)47)32-23-24-37(34-14-7-6-13-33(32)34)38-25-26-43-36-16-9-8-15-35(36)41-17-10-18-42(38)46(41)43/h3-28H,1-2H3. The van der Waals surface area contributed by atoms with E-state index in [0.29, 0.717) is 0 Å². The average molecular weight is 597 g/mol. The van der Waals surface area contributed by atoms with E-state index < -0.39 is 0 Å². The zero-order valence-corrected chi connectivity index (χ0v) is 26.5. The molecule has 0 aliphatic heterocycles. The second-order valence-corrected chi connectivity index (χ2v) is 13.7. The second kappa shape index (κ2) is 9.64. The molecular weight excluding hydrogens is 565 g/mol. The van der Waals surface area contributed by atoms with Gasteiger partial charge >= 0.3 is 0 Å². The SMILES string of the molecule is CC1(C)c2cc(-c3ccccc3)ccc2-c2ccc(-c3ccc(-c4ccc5c6c(cccc46)-c4ccccc4-5)c4ccccc34)cc21. The summed E-state index contributed by atoms with van der Waals surface area (Å²) in [6.07, 6.45) is 0. The van der Waals surface area contributed by atoms with Gasteiger partial charge in [-0.1, -0.05) is 159 Å². The summed E-state index contributed by atoms with van der Waals surface area (Å²) in [7, 11) is 0. The molecule has 0 heteroatoms. The molecule has 0 fully saturated rings. The lowest BCUT2D eigenvalue weighted by Crippen LogP contribution is -2.15. The summed E-state index contributed by atoms with van der Waals surface area (Å²) in [5, 5.41) is 5.27. The molecule has 2 aliphatic carbocycles. The predicted molar refractivity (Wildman–Crippen MR) is 200 cm³/mol. The molecule has 0 N–H and O–H groups in total. The normalized spacial score (nSPS) is 13.5. The van der Waals surface area contributed by atoms with Crippen LogP contribution in [0.2, 0.25) is 0 Å². The Balaban J connectivity index is 1.11. The van der Waals surface area contributed by atoms with Crippen molar-refractivity contribution < 1.29 is 0 Å². The van der Waals surface area contributed by atoms with E-state index in [2.05, 4.69) is 172 Å². The summed E-state index contributed by atoms with van der Waals surface area (Å²) in [4.78, 5) is 0. The molecule has 2 aliphatic rings. The lowest BCUT2D eigenvalue weighted by molar-refractivity contribution is 0.661. The van der Waals surface area contributed by atoms with Gasteiger partial charge in [-0.05, 0) is 112 Å². The van der Waals surface area contributed by atoms with Gasteiger partial charge in [-0.2, -0.15) is 0 Å². The minimum atomic E-state index is -0.0938. The van der Waals surface area contributed by atoms with E-state index in [1.54, 1.807) is 0 Å². The Bertz CT molecular complexity index is 2550. The average Bonchev–Trinajstić information content (AvgIpc) is 3.57. The van der Waals surface area contributed by atoms with Crippen LogP contribution in [-0.2, 0) is 5.41 Å². The van der Waals surface area contributed by atoms with Crippen LogP contribution in [-0.4, -0.2) is 0 Å². The van der Waals surface area contributed by atoms with E-state index in [1.165, 1.54) is 99.4 Å². The molecule has 0 amide bonds. The molecule has 0 radical (unpaired) electrons. The summed E-state index contributed by atoms with van der Waals surface area (Å²) in [6.45, 7) is 4.76.